The molecule has 2 aliphatic carbocycles. The lowest BCUT2D eigenvalue weighted by Gasteiger charge is -2.36. The van der Waals surface area contributed by atoms with Crippen molar-refractivity contribution < 1.29 is 0 Å². The highest BCUT2D eigenvalue weighted by Gasteiger charge is 2.46. The zero-order valence-corrected chi connectivity index (χ0v) is 15.0. The van der Waals surface area contributed by atoms with E-state index in [0.717, 1.165) is 6.42 Å². The second-order valence-electron chi connectivity index (χ2n) is 7.44. The molecular weight excluding hydrogens is 312 g/mol. The van der Waals surface area contributed by atoms with Gasteiger partial charge in [-0.2, -0.15) is 0 Å². The monoisotopic (exact) mass is 334 g/mol. The summed E-state index contributed by atoms with van der Waals surface area (Å²) in [6, 6.07) is 28.9. The van der Waals surface area contributed by atoms with Gasteiger partial charge in [-0.1, -0.05) is 104 Å². The van der Waals surface area contributed by atoms with Gasteiger partial charge in [0.1, 0.15) is 0 Å². The molecule has 5 rings (SSSR count). The Morgan fingerprint density at radius 1 is 0.731 bits per heavy atom. The number of hydrogen-bond acceptors (Lipinski definition) is 0. The normalized spacial score (nSPS) is 19.6. The van der Waals surface area contributed by atoms with Crippen molar-refractivity contribution in [1.82, 2.24) is 0 Å². The lowest BCUT2D eigenvalue weighted by atomic mass is 9.65. The Morgan fingerprint density at radius 3 is 1.92 bits per heavy atom. The van der Waals surface area contributed by atoms with Crippen molar-refractivity contribution in [2.45, 2.75) is 18.8 Å². The summed E-state index contributed by atoms with van der Waals surface area (Å²) < 4.78 is 0. The van der Waals surface area contributed by atoms with Crippen molar-refractivity contribution in [3.8, 4) is 11.1 Å². The van der Waals surface area contributed by atoms with E-state index in [1.165, 1.54) is 33.4 Å². The van der Waals surface area contributed by atoms with Gasteiger partial charge in [0, 0.05) is 0 Å². The van der Waals surface area contributed by atoms with E-state index >= 15 is 0 Å². The molecule has 0 nitrogen and oxygen atoms in total. The fourth-order valence-corrected chi connectivity index (χ4v) is 4.80. The Kier molecular flexibility index (Phi) is 3.46. The Hall–Kier alpha value is -2.86. The van der Waals surface area contributed by atoms with Gasteiger partial charge < -0.3 is 0 Å². The molecule has 1 unspecified atom stereocenters. The second kappa shape index (κ2) is 5.85. The first kappa shape index (κ1) is 15.4. The van der Waals surface area contributed by atoms with E-state index in [4.69, 9.17) is 0 Å². The summed E-state index contributed by atoms with van der Waals surface area (Å²) in [5.74, 6) is 0.565. The first-order valence-electron chi connectivity index (χ1n) is 9.45. The minimum atomic E-state index is -0.223. The molecule has 126 valence electrons. The van der Waals surface area contributed by atoms with E-state index in [1.54, 1.807) is 0 Å². The number of fused-ring (bicyclic) bond motifs is 3. The Labute approximate surface area is 155 Å². The molecule has 0 amide bonds. The molecule has 26 heavy (non-hydrogen) atoms. The van der Waals surface area contributed by atoms with Gasteiger partial charge in [-0.05, 0) is 45.7 Å². The maximum absolute atomic E-state index is 2.48. The van der Waals surface area contributed by atoms with Gasteiger partial charge in [-0.25, -0.2) is 0 Å². The van der Waals surface area contributed by atoms with Crippen LogP contribution in [0.2, 0.25) is 0 Å². The quantitative estimate of drug-likeness (QED) is 0.500. The molecule has 0 N–H and O–H groups in total. The third kappa shape index (κ3) is 2.02. The lowest BCUT2D eigenvalue weighted by molar-refractivity contribution is 0.683. The van der Waals surface area contributed by atoms with Gasteiger partial charge in [0.15, 0.2) is 0 Å². The molecule has 1 atom stereocenters. The Morgan fingerprint density at radius 2 is 1.31 bits per heavy atom. The average Bonchev–Trinajstić information content (AvgIpc) is 3.00. The van der Waals surface area contributed by atoms with E-state index in [2.05, 4.69) is 104 Å². The molecule has 0 radical (unpaired) electrons. The van der Waals surface area contributed by atoms with Crippen molar-refractivity contribution in [2.24, 2.45) is 5.92 Å². The largest absolute Gasteiger partial charge is 0.0836 e. The van der Waals surface area contributed by atoms with Crippen LogP contribution in [0.4, 0.5) is 0 Å². The molecule has 0 aliphatic heterocycles. The standard InChI is InChI=1S/C26H22/c1-19-10-9-13-21(18-19)26(20-11-3-2-4-12-20)24-16-7-5-14-22(24)23-15-6-8-17-25(23)26/h2-9,11-19H,10H2,1H3. The van der Waals surface area contributed by atoms with Crippen LogP contribution in [0.1, 0.15) is 30.0 Å². The molecule has 0 spiro atoms. The van der Waals surface area contributed by atoms with E-state index in [9.17, 15) is 0 Å². The van der Waals surface area contributed by atoms with Gasteiger partial charge in [0.05, 0.1) is 5.41 Å². The van der Waals surface area contributed by atoms with Crippen LogP contribution < -0.4 is 0 Å². The molecule has 0 saturated carbocycles. The zero-order valence-electron chi connectivity index (χ0n) is 15.0. The average molecular weight is 334 g/mol. The van der Waals surface area contributed by atoms with Crippen LogP contribution in [0, 0.1) is 5.92 Å². The zero-order chi connectivity index (χ0) is 17.6. The van der Waals surface area contributed by atoms with Gasteiger partial charge in [-0.3, -0.25) is 0 Å². The van der Waals surface area contributed by atoms with Crippen LogP contribution in [0.3, 0.4) is 0 Å². The summed E-state index contributed by atoms with van der Waals surface area (Å²) in [6.45, 7) is 2.31. The molecule has 0 heterocycles. The molecule has 0 bridgehead atoms. The minimum absolute atomic E-state index is 0.223. The third-order valence-electron chi connectivity index (χ3n) is 5.86. The number of hydrogen-bond donors (Lipinski definition) is 0. The predicted octanol–water partition coefficient (Wildman–Crippen LogP) is 6.52. The lowest BCUT2D eigenvalue weighted by Crippen LogP contribution is -2.30. The first-order valence-corrected chi connectivity index (χ1v) is 9.45. The first-order chi connectivity index (χ1) is 12.8. The number of benzene rings is 3. The van der Waals surface area contributed by atoms with Gasteiger partial charge in [-0.15, -0.1) is 0 Å². The Bertz CT molecular complexity index is 975. The predicted molar refractivity (Wildman–Crippen MR) is 109 cm³/mol. The van der Waals surface area contributed by atoms with E-state index < -0.39 is 0 Å². The van der Waals surface area contributed by atoms with Crippen molar-refractivity contribution in [1.29, 1.82) is 0 Å². The van der Waals surface area contributed by atoms with Crippen molar-refractivity contribution in [2.75, 3.05) is 0 Å². The van der Waals surface area contributed by atoms with Gasteiger partial charge >= 0.3 is 0 Å². The summed E-state index contributed by atoms with van der Waals surface area (Å²) in [5, 5.41) is 0. The Balaban J connectivity index is 1.94. The second-order valence-corrected chi connectivity index (χ2v) is 7.44. The molecule has 2 aliphatic rings. The number of allylic oxidation sites excluding steroid dienone is 4. The van der Waals surface area contributed by atoms with Gasteiger partial charge in [0.2, 0.25) is 0 Å². The van der Waals surface area contributed by atoms with Crippen LogP contribution >= 0.6 is 0 Å². The molecular formula is C26H22. The SMILES string of the molecule is CC1C=C(C2(c3ccccc3)c3ccccc3-c3ccccc32)C=CC1. The van der Waals surface area contributed by atoms with Crippen LogP contribution in [-0.2, 0) is 5.41 Å². The molecule has 0 heteroatoms. The van der Waals surface area contributed by atoms with Crippen molar-refractivity contribution >= 4 is 0 Å². The highest BCUT2D eigenvalue weighted by atomic mass is 14.5. The van der Waals surface area contributed by atoms with Crippen molar-refractivity contribution in [3.63, 3.8) is 0 Å². The van der Waals surface area contributed by atoms with Gasteiger partial charge in [0.25, 0.3) is 0 Å². The maximum atomic E-state index is 2.48. The highest BCUT2D eigenvalue weighted by Crippen LogP contribution is 2.56. The summed E-state index contributed by atoms with van der Waals surface area (Å²) in [7, 11) is 0. The fraction of sp³-hybridized carbons (Fsp3) is 0.154. The van der Waals surface area contributed by atoms with Crippen molar-refractivity contribution in [3.05, 3.63) is 119 Å². The minimum Gasteiger partial charge on any atom is -0.0836 e. The fourth-order valence-electron chi connectivity index (χ4n) is 4.80. The smallest absolute Gasteiger partial charge is 0.0710 e. The van der Waals surface area contributed by atoms with Crippen LogP contribution in [0.5, 0.6) is 0 Å². The van der Waals surface area contributed by atoms with Crippen LogP contribution in [0.15, 0.2) is 103 Å². The molecule has 3 aromatic rings. The molecule has 0 fully saturated rings. The molecule has 0 saturated heterocycles. The highest BCUT2D eigenvalue weighted by molar-refractivity contribution is 5.86. The molecule has 3 aromatic carbocycles. The summed E-state index contributed by atoms with van der Waals surface area (Å²) in [4.78, 5) is 0. The summed E-state index contributed by atoms with van der Waals surface area (Å²) in [5.41, 5.74) is 8.05. The summed E-state index contributed by atoms with van der Waals surface area (Å²) in [6.07, 6.45) is 8.30. The topological polar surface area (TPSA) is 0 Å². The van der Waals surface area contributed by atoms with Crippen LogP contribution in [-0.4, -0.2) is 0 Å². The number of rotatable bonds is 2. The van der Waals surface area contributed by atoms with E-state index in [1.807, 2.05) is 0 Å². The third-order valence-corrected chi connectivity index (χ3v) is 5.86. The van der Waals surface area contributed by atoms with Crippen LogP contribution in [0.25, 0.3) is 11.1 Å². The van der Waals surface area contributed by atoms with E-state index in [-0.39, 0.29) is 5.41 Å². The van der Waals surface area contributed by atoms with E-state index in [0.29, 0.717) is 5.92 Å². The summed E-state index contributed by atoms with van der Waals surface area (Å²) >= 11 is 0. The molecule has 0 aromatic heterocycles. The maximum Gasteiger partial charge on any atom is 0.0710 e.